The third-order valence-corrected chi connectivity index (χ3v) is 3.30. The summed E-state index contributed by atoms with van der Waals surface area (Å²) < 4.78 is 19.1. The molecule has 0 radical (unpaired) electrons. The van der Waals surface area contributed by atoms with Gasteiger partial charge in [-0.3, -0.25) is 9.59 Å². The van der Waals surface area contributed by atoms with E-state index < -0.39 is 29.5 Å². The Bertz CT molecular complexity index is 639. The van der Waals surface area contributed by atoms with E-state index in [1.165, 1.54) is 17.0 Å². The maximum Gasteiger partial charge on any atom is 0.408 e. The van der Waals surface area contributed by atoms with Crippen LogP contribution >= 0.6 is 0 Å². The first-order chi connectivity index (χ1) is 10.7. The van der Waals surface area contributed by atoms with Gasteiger partial charge in [-0.15, -0.1) is 0 Å². The predicted molar refractivity (Wildman–Crippen MR) is 81.9 cm³/mol. The summed E-state index contributed by atoms with van der Waals surface area (Å²) in [5.41, 5.74) is -0.377. The minimum absolute atomic E-state index is 0.0917. The fourth-order valence-corrected chi connectivity index (χ4v) is 2.32. The molecule has 0 bridgehead atoms. The van der Waals surface area contributed by atoms with Crippen LogP contribution in [0.15, 0.2) is 18.2 Å². The molecule has 1 aromatic rings. The number of ether oxygens (including phenoxy) is 1. The highest BCUT2D eigenvalue weighted by atomic mass is 19.1. The summed E-state index contributed by atoms with van der Waals surface area (Å²) in [5.74, 6) is -1.06. The Morgan fingerprint density at radius 1 is 1.43 bits per heavy atom. The second-order valence-electron chi connectivity index (χ2n) is 6.31. The Balaban J connectivity index is 2.07. The van der Waals surface area contributed by atoms with Gasteiger partial charge in [-0.25, -0.2) is 9.18 Å². The Morgan fingerprint density at radius 2 is 2.13 bits per heavy atom. The summed E-state index contributed by atoms with van der Waals surface area (Å²) in [6, 6.07) is 3.14. The highest BCUT2D eigenvalue weighted by Crippen LogP contribution is 2.25. The minimum Gasteiger partial charge on any atom is -0.444 e. The Morgan fingerprint density at radius 3 is 2.70 bits per heavy atom. The summed E-state index contributed by atoms with van der Waals surface area (Å²) in [6.07, 6.45) is 0.202. The monoisotopic (exact) mass is 322 g/mol. The predicted octanol–water partition coefficient (Wildman–Crippen LogP) is 2.27. The summed E-state index contributed by atoms with van der Waals surface area (Å²) in [6.45, 7) is 5.44. The van der Waals surface area contributed by atoms with E-state index in [1.54, 1.807) is 20.8 Å². The van der Waals surface area contributed by atoms with Crippen LogP contribution in [0, 0.1) is 5.82 Å². The van der Waals surface area contributed by atoms with Crippen LogP contribution in [-0.4, -0.2) is 36.5 Å². The number of halogens is 1. The highest BCUT2D eigenvalue weighted by molar-refractivity contribution is 6.01. The standard InChI is InChI=1S/C16H19FN2O4/c1-16(2,3)23-15(22)18-12-6-7-19(14(12)21)13-5-4-10(9-20)8-11(13)17/h4-5,8-9,12H,6-7H2,1-3H3,(H,18,22)/t12-/m0/s1. The van der Waals surface area contributed by atoms with Crippen LogP contribution in [-0.2, 0) is 9.53 Å². The van der Waals surface area contributed by atoms with E-state index in [4.69, 9.17) is 4.74 Å². The van der Waals surface area contributed by atoms with Crippen LogP contribution in [0.2, 0.25) is 0 Å². The molecule has 0 aliphatic carbocycles. The van der Waals surface area contributed by atoms with Crippen molar-refractivity contribution in [1.82, 2.24) is 5.32 Å². The number of hydrogen-bond acceptors (Lipinski definition) is 4. The summed E-state index contributed by atoms with van der Waals surface area (Å²) in [4.78, 5) is 36.0. The molecular formula is C16H19FN2O4. The van der Waals surface area contributed by atoms with Gasteiger partial charge in [0.15, 0.2) is 0 Å². The molecule has 1 aliphatic heterocycles. The van der Waals surface area contributed by atoms with Crippen molar-refractivity contribution in [2.75, 3.05) is 11.4 Å². The second-order valence-corrected chi connectivity index (χ2v) is 6.31. The van der Waals surface area contributed by atoms with Crippen molar-refractivity contribution in [3.8, 4) is 0 Å². The molecule has 124 valence electrons. The van der Waals surface area contributed by atoms with Crippen LogP contribution in [0.4, 0.5) is 14.9 Å². The largest absolute Gasteiger partial charge is 0.444 e. The van der Waals surface area contributed by atoms with Crippen molar-refractivity contribution in [3.63, 3.8) is 0 Å². The SMILES string of the molecule is CC(C)(C)OC(=O)N[C@H]1CCN(c2ccc(C=O)cc2F)C1=O. The van der Waals surface area contributed by atoms with Crippen molar-refractivity contribution in [1.29, 1.82) is 0 Å². The Hall–Kier alpha value is -2.44. The molecule has 0 spiro atoms. The molecule has 1 fully saturated rings. The summed E-state index contributed by atoms with van der Waals surface area (Å²) in [7, 11) is 0. The van der Waals surface area contributed by atoms with Gasteiger partial charge < -0.3 is 15.0 Å². The molecule has 6 nitrogen and oxygen atoms in total. The van der Waals surface area contributed by atoms with Crippen molar-refractivity contribution < 1.29 is 23.5 Å². The smallest absolute Gasteiger partial charge is 0.408 e. The molecule has 1 atom stereocenters. The molecule has 2 rings (SSSR count). The zero-order chi connectivity index (χ0) is 17.2. The van der Waals surface area contributed by atoms with Gasteiger partial charge in [-0.1, -0.05) is 0 Å². The number of anilines is 1. The van der Waals surface area contributed by atoms with Crippen molar-refractivity contribution in [2.24, 2.45) is 0 Å². The maximum atomic E-state index is 14.0. The molecule has 0 aromatic heterocycles. The zero-order valence-corrected chi connectivity index (χ0v) is 13.3. The normalized spacial score (nSPS) is 18.0. The quantitative estimate of drug-likeness (QED) is 0.866. The first-order valence-electron chi connectivity index (χ1n) is 7.27. The van der Waals surface area contributed by atoms with Crippen molar-refractivity contribution in [3.05, 3.63) is 29.6 Å². The number of nitrogens with zero attached hydrogens (tertiary/aromatic N) is 1. The maximum absolute atomic E-state index is 14.0. The van der Waals surface area contributed by atoms with Gasteiger partial charge in [0.05, 0.1) is 5.69 Å². The Kier molecular flexibility index (Phi) is 4.68. The zero-order valence-electron chi connectivity index (χ0n) is 13.3. The van der Waals surface area contributed by atoms with Crippen LogP contribution < -0.4 is 10.2 Å². The number of hydrogen-bond donors (Lipinski definition) is 1. The fourth-order valence-electron chi connectivity index (χ4n) is 2.32. The number of benzene rings is 1. The van der Waals surface area contributed by atoms with Crippen LogP contribution in [0.3, 0.4) is 0 Å². The van der Waals surface area contributed by atoms with Gasteiger partial charge in [-0.2, -0.15) is 0 Å². The lowest BCUT2D eigenvalue weighted by molar-refractivity contribution is -0.118. The highest BCUT2D eigenvalue weighted by Gasteiger charge is 2.35. The van der Waals surface area contributed by atoms with Crippen molar-refractivity contribution >= 4 is 24.0 Å². The van der Waals surface area contributed by atoms with Gasteiger partial charge in [0.1, 0.15) is 23.7 Å². The topological polar surface area (TPSA) is 75.7 Å². The molecule has 1 saturated heterocycles. The Labute approximate surface area is 133 Å². The molecule has 1 aromatic carbocycles. The third-order valence-electron chi connectivity index (χ3n) is 3.30. The van der Waals surface area contributed by atoms with E-state index in [9.17, 15) is 18.8 Å². The van der Waals surface area contributed by atoms with Gasteiger partial charge in [-0.05, 0) is 45.4 Å². The molecule has 1 heterocycles. The van der Waals surface area contributed by atoms with E-state index in [0.29, 0.717) is 12.7 Å². The number of carbonyl (C=O) groups excluding carboxylic acids is 3. The van der Waals surface area contributed by atoms with Crippen molar-refractivity contribution in [2.45, 2.75) is 38.8 Å². The molecule has 0 saturated carbocycles. The first-order valence-corrected chi connectivity index (χ1v) is 7.27. The summed E-state index contributed by atoms with van der Waals surface area (Å²) >= 11 is 0. The third kappa shape index (κ3) is 4.06. The van der Waals surface area contributed by atoms with Crippen LogP contribution in [0.1, 0.15) is 37.6 Å². The average molecular weight is 322 g/mol. The average Bonchev–Trinajstić information content (AvgIpc) is 2.78. The van der Waals surface area contributed by atoms with Gasteiger partial charge in [0.25, 0.3) is 0 Å². The van der Waals surface area contributed by atoms with E-state index in [2.05, 4.69) is 5.32 Å². The van der Waals surface area contributed by atoms with E-state index in [1.807, 2.05) is 0 Å². The molecular weight excluding hydrogens is 303 g/mol. The van der Waals surface area contributed by atoms with E-state index in [0.717, 1.165) is 6.07 Å². The number of alkyl carbamates (subject to hydrolysis) is 1. The summed E-state index contributed by atoms with van der Waals surface area (Å²) in [5, 5.41) is 2.50. The number of rotatable bonds is 3. The lowest BCUT2D eigenvalue weighted by Crippen LogP contribution is -2.43. The molecule has 2 amide bonds. The molecule has 7 heteroatoms. The number of aldehydes is 1. The molecule has 23 heavy (non-hydrogen) atoms. The van der Waals surface area contributed by atoms with E-state index >= 15 is 0 Å². The number of carbonyl (C=O) groups is 3. The first kappa shape index (κ1) is 16.9. The molecule has 0 unspecified atom stereocenters. The lowest BCUT2D eigenvalue weighted by atomic mass is 10.2. The molecule has 1 aliphatic rings. The van der Waals surface area contributed by atoms with Crippen LogP contribution in [0.5, 0.6) is 0 Å². The number of nitrogens with one attached hydrogen (secondary N) is 1. The lowest BCUT2D eigenvalue weighted by Gasteiger charge is -2.22. The van der Waals surface area contributed by atoms with E-state index in [-0.39, 0.29) is 17.8 Å². The minimum atomic E-state index is -0.755. The van der Waals surface area contributed by atoms with Gasteiger partial charge in [0.2, 0.25) is 5.91 Å². The van der Waals surface area contributed by atoms with Crippen LogP contribution in [0.25, 0.3) is 0 Å². The van der Waals surface area contributed by atoms with Gasteiger partial charge >= 0.3 is 6.09 Å². The van der Waals surface area contributed by atoms with Gasteiger partial charge in [0, 0.05) is 12.1 Å². The molecule has 1 N–H and O–H groups in total. The second kappa shape index (κ2) is 6.36. The fraction of sp³-hybridized carbons (Fsp3) is 0.438. The number of amides is 2.